The number of carbonyl (C=O) groups excluding carboxylic acids is 1. The summed E-state index contributed by atoms with van der Waals surface area (Å²) >= 11 is 1.42. The fourth-order valence-electron chi connectivity index (χ4n) is 1.84. The molecule has 0 spiro atoms. The van der Waals surface area contributed by atoms with Crippen LogP contribution in [0.5, 0.6) is 5.75 Å². The number of fused-ring (bicyclic) bond motifs is 1. The third-order valence-electron chi connectivity index (χ3n) is 2.77. The molecule has 0 fully saturated rings. The third kappa shape index (κ3) is 2.60. The van der Waals surface area contributed by atoms with E-state index >= 15 is 0 Å². The van der Waals surface area contributed by atoms with Gasteiger partial charge in [-0.1, -0.05) is 30.0 Å². The van der Waals surface area contributed by atoms with Crippen LogP contribution in [-0.2, 0) is 0 Å². The highest BCUT2D eigenvalue weighted by Crippen LogP contribution is 2.23. The number of nitrogens with zero attached hydrogens (tertiary/aromatic N) is 3. The molecule has 0 radical (unpaired) electrons. The van der Waals surface area contributed by atoms with Crippen molar-refractivity contribution < 1.29 is 9.53 Å². The largest absolute Gasteiger partial charge is 0.494 e. The van der Waals surface area contributed by atoms with Gasteiger partial charge in [-0.2, -0.15) is 4.68 Å². The van der Waals surface area contributed by atoms with Gasteiger partial charge in [0, 0.05) is 0 Å². The van der Waals surface area contributed by atoms with Crippen molar-refractivity contribution in [3.05, 3.63) is 35.7 Å². The Balaban J connectivity index is 1.74. The van der Waals surface area contributed by atoms with Crippen molar-refractivity contribution >= 4 is 29.8 Å². The van der Waals surface area contributed by atoms with Crippen LogP contribution in [0, 0.1) is 0 Å². The predicted octanol–water partition coefficient (Wildman–Crippen LogP) is 2.59. The molecule has 0 aliphatic carbocycles. The topological polar surface area (TPSA) is 57.0 Å². The molecule has 0 N–H and O–H groups in total. The Morgan fingerprint density at radius 2 is 2.15 bits per heavy atom. The van der Waals surface area contributed by atoms with Gasteiger partial charge in [0.1, 0.15) is 5.75 Å². The van der Waals surface area contributed by atoms with Gasteiger partial charge < -0.3 is 4.74 Å². The molecule has 0 bridgehead atoms. The number of aromatic nitrogens is 3. The lowest BCUT2D eigenvalue weighted by molar-refractivity contribution is 0.0923. The summed E-state index contributed by atoms with van der Waals surface area (Å²) in [7, 11) is 0. The number of rotatable bonds is 4. The molecule has 6 heteroatoms. The van der Waals surface area contributed by atoms with Gasteiger partial charge in [0.25, 0.3) is 5.91 Å². The van der Waals surface area contributed by atoms with Crippen molar-refractivity contribution in [3.8, 4) is 5.75 Å². The second-order valence-electron chi connectivity index (χ2n) is 4.18. The van der Waals surface area contributed by atoms with Gasteiger partial charge >= 0.3 is 0 Å². The lowest BCUT2D eigenvalue weighted by atomic mass is 10.2. The van der Waals surface area contributed by atoms with E-state index in [9.17, 15) is 4.79 Å². The number of hydrogen-bond donors (Lipinski definition) is 0. The summed E-state index contributed by atoms with van der Waals surface area (Å²) in [6, 6.07) is 7.77. The molecular formula is C14H13N3O2S. The zero-order valence-electron chi connectivity index (χ0n) is 10.9. The summed E-state index contributed by atoms with van der Waals surface area (Å²) in [5.74, 6) is 1.82. The van der Waals surface area contributed by atoms with Crippen LogP contribution in [-0.4, -0.2) is 33.0 Å². The smallest absolute Gasteiger partial charge is 0.259 e. The number of carbonyl (C=O) groups is 1. The molecule has 102 valence electrons. The van der Waals surface area contributed by atoms with E-state index in [1.54, 1.807) is 6.08 Å². The van der Waals surface area contributed by atoms with E-state index in [1.165, 1.54) is 16.4 Å². The molecule has 1 aromatic carbocycles. The molecule has 20 heavy (non-hydrogen) atoms. The van der Waals surface area contributed by atoms with Crippen LogP contribution in [0.15, 0.2) is 29.4 Å². The van der Waals surface area contributed by atoms with E-state index in [0.29, 0.717) is 23.3 Å². The van der Waals surface area contributed by atoms with Crippen molar-refractivity contribution in [1.29, 1.82) is 0 Å². The Kier molecular flexibility index (Phi) is 3.56. The SMILES string of the molecule is CCOc1ccc(/C=C\c2nc3n(n2)C(=O)CS3)cc1. The second kappa shape index (κ2) is 5.50. The Labute approximate surface area is 120 Å². The average Bonchev–Trinajstić information content (AvgIpc) is 3.01. The highest BCUT2D eigenvalue weighted by molar-refractivity contribution is 8.00. The minimum absolute atomic E-state index is 0.0155. The van der Waals surface area contributed by atoms with Gasteiger partial charge in [-0.05, 0) is 30.7 Å². The van der Waals surface area contributed by atoms with E-state index in [-0.39, 0.29) is 5.91 Å². The van der Waals surface area contributed by atoms with Crippen molar-refractivity contribution in [1.82, 2.24) is 14.8 Å². The van der Waals surface area contributed by atoms with Gasteiger partial charge in [0.2, 0.25) is 0 Å². The zero-order valence-corrected chi connectivity index (χ0v) is 11.8. The summed E-state index contributed by atoms with van der Waals surface area (Å²) < 4.78 is 6.75. The molecule has 1 aromatic heterocycles. The number of hydrogen-bond acceptors (Lipinski definition) is 5. The van der Waals surface area contributed by atoms with Crippen molar-refractivity contribution in [2.45, 2.75) is 12.1 Å². The first-order valence-electron chi connectivity index (χ1n) is 6.30. The quantitative estimate of drug-likeness (QED) is 0.865. The van der Waals surface area contributed by atoms with Crippen molar-refractivity contribution in [2.75, 3.05) is 12.4 Å². The maximum atomic E-state index is 11.5. The molecule has 2 aromatic rings. The van der Waals surface area contributed by atoms with Gasteiger partial charge in [-0.25, -0.2) is 4.98 Å². The standard InChI is InChI=1S/C14H13N3O2S/c1-2-19-11-6-3-10(4-7-11)5-8-12-15-14-17(16-12)13(18)9-20-14/h3-8H,2,9H2,1H3/b8-5-. The molecule has 5 nitrogen and oxygen atoms in total. The Hall–Kier alpha value is -2.08. The summed E-state index contributed by atoms with van der Waals surface area (Å²) in [6.07, 6.45) is 3.71. The minimum Gasteiger partial charge on any atom is -0.494 e. The maximum Gasteiger partial charge on any atom is 0.259 e. The lowest BCUT2D eigenvalue weighted by Gasteiger charge is -2.01. The zero-order chi connectivity index (χ0) is 13.9. The van der Waals surface area contributed by atoms with Crippen LogP contribution in [0.4, 0.5) is 0 Å². The van der Waals surface area contributed by atoms with Crippen LogP contribution in [0.1, 0.15) is 23.1 Å². The molecule has 3 rings (SSSR count). The van der Waals surface area contributed by atoms with Crippen LogP contribution in [0.25, 0.3) is 12.2 Å². The normalized spacial score (nSPS) is 13.9. The van der Waals surface area contributed by atoms with Crippen molar-refractivity contribution in [2.24, 2.45) is 0 Å². The van der Waals surface area contributed by atoms with Crippen LogP contribution in [0.2, 0.25) is 0 Å². The number of ether oxygens (including phenoxy) is 1. The highest BCUT2D eigenvalue weighted by atomic mass is 32.2. The van der Waals surface area contributed by atoms with Gasteiger partial charge in [-0.3, -0.25) is 4.79 Å². The molecular weight excluding hydrogens is 274 g/mol. The maximum absolute atomic E-state index is 11.5. The molecule has 0 atom stereocenters. The first-order chi connectivity index (χ1) is 9.76. The molecule has 1 aliphatic rings. The molecule has 2 heterocycles. The molecule has 0 amide bonds. The predicted molar refractivity (Wildman–Crippen MR) is 77.9 cm³/mol. The van der Waals surface area contributed by atoms with E-state index in [1.807, 2.05) is 37.3 Å². The summed E-state index contributed by atoms with van der Waals surface area (Å²) in [5, 5.41) is 4.83. The van der Waals surface area contributed by atoms with Crippen LogP contribution < -0.4 is 4.74 Å². The third-order valence-corrected chi connectivity index (χ3v) is 3.68. The first kappa shape index (κ1) is 12.9. The first-order valence-corrected chi connectivity index (χ1v) is 7.29. The number of benzene rings is 1. The minimum atomic E-state index is -0.0155. The Bertz CT molecular complexity index is 662. The summed E-state index contributed by atoms with van der Waals surface area (Å²) in [4.78, 5) is 15.7. The van der Waals surface area contributed by atoms with E-state index in [2.05, 4.69) is 10.1 Å². The lowest BCUT2D eigenvalue weighted by Crippen LogP contribution is -2.08. The van der Waals surface area contributed by atoms with Gasteiger partial charge in [0.15, 0.2) is 11.0 Å². The monoisotopic (exact) mass is 287 g/mol. The molecule has 0 saturated carbocycles. The Morgan fingerprint density at radius 3 is 2.85 bits per heavy atom. The fraction of sp³-hybridized carbons (Fsp3) is 0.214. The van der Waals surface area contributed by atoms with Gasteiger partial charge in [-0.15, -0.1) is 5.10 Å². The van der Waals surface area contributed by atoms with Crippen LogP contribution in [0.3, 0.4) is 0 Å². The highest BCUT2D eigenvalue weighted by Gasteiger charge is 2.22. The van der Waals surface area contributed by atoms with Crippen LogP contribution >= 0.6 is 11.8 Å². The summed E-state index contributed by atoms with van der Waals surface area (Å²) in [5.41, 5.74) is 1.03. The second-order valence-corrected chi connectivity index (χ2v) is 5.12. The Morgan fingerprint density at radius 1 is 1.35 bits per heavy atom. The van der Waals surface area contributed by atoms with E-state index in [4.69, 9.17) is 4.74 Å². The average molecular weight is 287 g/mol. The van der Waals surface area contributed by atoms with E-state index in [0.717, 1.165) is 11.3 Å². The number of thioether (sulfide) groups is 1. The van der Waals surface area contributed by atoms with E-state index < -0.39 is 0 Å². The molecule has 1 aliphatic heterocycles. The van der Waals surface area contributed by atoms with Crippen molar-refractivity contribution in [3.63, 3.8) is 0 Å². The fourth-order valence-corrected chi connectivity index (χ4v) is 2.64. The molecule has 0 unspecified atom stereocenters. The molecule has 0 saturated heterocycles. The summed E-state index contributed by atoms with van der Waals surface area (Å²) in [6.45, 7) is 2.61. The van der Waals surface area contributed by atoms with Gasteiger partial charge in [0.05, 0.1) is 12.4 Å².